The lowest BCUT2D eigenvalue weighted by Crippen LogP contribution is -2.33. The molecule has 1 fully saturated rings. The van der Waals surface area contributed by atoms with Crippen molar-refractivity contribution in [1.82, 2.24) is 5.32 Å². The van der Waals surface area contributed by atoms with E-state index in [2.05, 4.69) is 5.32 Å². The first-order valence-electron chi connectivity index (χ1n) is 6.78. The molecule has 1 unspecified atom stereocenters. The Kier molecular flexibility index (Phi) is 5.63. The Labute approximate surface area is 115 Å². The molecule has 106 valence electrons. The SMILES string of the molecule is COCC(CNC1CC1)OCc1ccc(OC)cc1. The van der Waals surface area contributed by atoms with Gasteiger partial charge in [-0.2, -0.15) is 0 Å². The predicted octanol–water partition coefficient (Wildman–Crippen LogP) is 1.98. The summed E-state index contributed by atoms with van der Waals surface area (Å²) in [4.78, 5) is 0. The van der Waals surface area contributed by atoms with Crippen LogP contribution in [0.3, 0.4) is 0 Å². The summed E-state index contributed by atoms with van der Waals surface area (Å²) in [7, 11) is 3.38. The van der Waals surface area contributed by atoms with Crippen molar-refractivity contribution in [2.45, 2.75) is 31.6 Å². The number of hydrogen-bond acceptors (Lipinski definition) is 4. The Morgan fingerprint density at radius 3 is 2.53 bits per heavy atom. The summed E-state index contributed by atoms with van der Waals surface area (Å²) < 4.78 is 16.2. The van der Waals surface area contributed by atoms with E-state index in [1.54, 1.807) is 14.2 Å². The van der Waals surface area contributed by atoms with Crippen molar-refractivity contribution in [3.8, 4) is 5.75 Å². The molecule has 0 saturated heterocycles. The Morgan fingerprint density at radius 1 is 1.21 bits per heavy atom. The number of rotatable bonds is 9. The zero-order valence-electron chi connectivity index (χ0n) is 11.7. The molecule has 1 aromatic carbocycles. The van der Waals surface area contributed by atoms with Crippen molar-refractivity contribution in [2.24, 2.45) is 0 Å². The molecule has 1 aromatic rings. The van der Waals surface area contributed by atoms with E-state index >= 15 is 0 Å². The molecule has 4 nitrogen and oxygen atoms in total. The lowest BCUT2D eigenvalue weighted by molar-refractivity contribution is -0.0103. The minimum Gasteiger partial charge on any atom is -0.497 e. The summed E-state index contributed by atoms with van der Waals surface area (Å²) in [6, 6.07) is 8.65. The van der Waals surface area contributed by atoms with Gasteiger partial charge in [0.15, 0.2) is 0 Å². The second-order valence-electron chi connectivity index (χ2n) is 4.92. The van der Waals surface area contributed by atoms with Gasteiger partial charge in [0.05, 0.1) is 26.4 Å². The normalized spacial score (nSPS) is 16.3. The minimum atomic E-state index is 0.104. The van der Waals surface area contributed by atoms with Gasteiger partial charge in [-0.3, -0.25) is 0 Å². The van der Waals surface area contributed by atoms with Gasteiger partial charge in [0.25, 0.3) is 0 Å². The van der Waals surface area contributed by atoms with Crippen LogP contribution in [0.5, 0.6) is 5.75 Å². The fourth-order valence-corrected chi connectivity index (χ4v) is 1.87. The minimum absolute atomic E-state index is 0.104. The molecule has 0 heterocycles. The van der Waals surface area contributed by atoms with Crippen LogP contribution in [0.4, 0.5) is 0 Å². The van der Waals surface area contributed by atoms with Crippen LogP contribution in [-0.4, -0.2) is 39.5 Å². The van der Waals surface area contributed by atoms with Crippen molar-refractivity contribution in [3.05, 3.63) is 29.8 Å². The van der Waals surface area contributed by atoms with Crippen LogP contribution in [0.1, 0.15) is 18.4 Å². The zero-order chi connectivity index (χ0) is 13.5. The van der Waals surface area contributed by atoms with E-state index in [1.807, 2.05) is 24.3 Å². The van der Waals surface area contributed by atoms with Crippen molar-refractivity contribution >= 4 is 0 Å². The fraction of sp³-hybridized carbons (Fsp3) is 0.600. The highest BCUT2D eigenvalue weighted by atomic mass is 16.5. The summed E-state index contributed by atoms with van der Waals surface area (Å²) in [6.07, 6.45) is 2.68. The van der Waals surface area contributed by atoms with Crippen molar-refractivity contribution in [3.63, 3.8) is 0 Å². The standard InChI is InChI=1S/C15H23NO3/c1-17-11-15(9-16-13-5-6-13)19-10-12-3-7-14(18-2)8-4-12/h3-4,7-8,13,15-16H,5-6,9-11H2,1-2H3. The van der Waals surface area contributed by atoms with E-state index in [9.17, 15) is 0 Å². The van der Waals surface area contributed by atoms with Crippen molar-refractivity contribution in [1.29, 1.82) is 0 Å². The van der Waals surface area contributed by atoms with Gasteiger partial charge in [-0.15, -0.1) is 0 Å². The monoisotopic (exact) mass is 265 g/mol. The Hall–Kier alpha value is -1.10. The van der Waals surface area contributed by atoms with Gasteiger partial charge in [-0.05, 0) is 30.5 Å². The third-order valence-electron chi connectivity index (χ3n) is 3.21. The smallest absolute Gasteiger partial charge is 0.118 e. The molecule has 19 heavy (non-hydrogen) atoms. The van der Waals surface area contributed by atoms with Gasteiger partial charge >= 0.3 is 0 Å². The van der Waals surface area contributed by atoms with Gasteiger partial charge < -0.3 is 19.5 Å². The molecule has 0 bridgehead atoms. The molecule has 1 aliphatic rings. The lowest BCUT2D eigenvalue weighted by atomic mass is 10.2. The fourth-order valence-electron chi connectivity index (χ4n) is 1.87. The molecule has 0 aromatic heterocycles. The maximum Gasteiger partial charge on any atom is 0.118 e. The molecule has 0 spiro atoms. The quantitative estimate of drug-likeness (QED) is 0.741. The molecule has 0 amide bonds. The van der Waals surface area contributed by atoms with Crippen LogP contribution < -0.4 is 10.1 Å². The van der Waals surface area contributed by atoms with E-state index in [1.165, 1.54) is 12.8 Å². The first-order chi connectivity index (χ1) is 9.31. The first-order valence-corrected chi connectivity index (χ1v) is 6.78. The largest absolute Gasteiger partial charge is 0.497 e. The second kappa shape index (κ2) is 7.48. The molecule has 2 rings (SSSR count). The molecular weight excluding hydrogens is 242 g/mol. The number of benzene rings is 1. The van der Waals surface area contributed by atoms with E-state index in [0.29, 0.717) is 19.3 Å². The van der Waals surface area contributed by atoms with Gasteiger partial charge in [0.2, 0.25) is 0 Å². The number of nitrogens with one attached hydrogen (secondary N) is 1. The zero-order valence-corrected chi connectivity index (χ0v) is 11.7. The second-order valence-corrected chi connectivity index (χ2v) is 4.92. The topological polar surface area (TPSA) is 39.7 Å². The van der Waals surface area contributed by atoms with E-state index in [4.69, 9.17) is 14.2 Å². The van der Waals surface area contributed by atoms with Crippen LogP contribution >= 0.6 is 0 Å². The van der Waals surface area contributed by atoms with E-state index < -0.39 is 0 Å². The number of ether oxygens (including phenoxy) is 3. The van der Waals surface area contributed by atoms with Crippen LogP contribution in [0.2, 0.25) is 0 Å². The van der Waals surface area contributed by atoms with Crippen LogP contribution in [0, 0.1) is 0 Å². The van der Waals surface area contributed by atoms with E-state index in [0.717, 1.165) is 17.9 Å². The van der Waals surface area contributed by atoms with Crippen LogP contribution in [-0.2, 0) is 16.1 Å². The Bertz CT molecular complexity index is 362. The summed E-state index contributed by atoms with van der Waals surface area (Å²) in [6.45, 7) is 2.08. The highest BCUT2D eigenvalue weighted by Gasteiger charge is 2.22. The van der Waals surface area contributed by atoms with Gasteiger partial charge in [-0.1, -0.05) is 12.1 Å². The third-order valence-corrected chi connectivity index (χ3v) is 3.21. The Balaban J connectivity index is 1.75. The molecule has 0 aliphatic heterocycles. The molecule has 1 atom stereocenters. The molecular formula is C15H23NO3. The van der Waals surface area contributed by atoms with Gasteiger partial charge in [0.1, 0.15) is 5.75 Å². The summed E-state index contributed by atoms with van der Waals surface area (Å²) >= 11 is 0. The maximum absolute atomic E-state index is 5.89. The average molecular weight is 265 g/mol. The van der Waals surface area contributed by atoms with Gasteiger partial charge in [0, 0.05) is 19.7 Å². The summed E-state index contributed by atoms with van der Waals surface area (Å²) in [5.41, 5.74) is 1.15. The highest BCUT2D eigenvalue weighted by Crippen LogP contribution is 2.18. The van der Waals surface area contributed by atoms with Gasteiger partial charge in [-0.25, -0.2) is 0 Å². The van der Waals surface area contributed by atoms with Crippen LogP contribution in [0.15, 0.2) is 24.3 Å². The third kappa shape index (κ3) is 5.19. The summed E-state index contributed by atoms with van der Waals surface area (Å²) in [5.74, 6) is 0.868. The summed E-state index contributed by atoms with van der Waals surface area (Å²) in [5, 5.41) is 3.47. The molecule has 1 saturated carbocycles. The average Bonchev–Trinajstić information content (AvgIpc) is 3.26. The lowest BCUT2D eigenvalue weighted by Gasteiger charge is -2.18. The highest BCUT2D eigenvalue weighted by molar-refractivity contribution is 5.26. The van der Waals surface area contributed by atoms with E-state index in [-0.39, 0.29) is 6.10 Å². The van der Waals surface area contributed by atoms with Crippen molar-refractivity contribution in [2.75, 3.05) is 27.4 Å². The molecule has 1 N–H and O–H groups in total. The first kappa shape index (κ1) is 14.3. The molecule has 0 radical (unpaired) electrons. The predicted molar refractivity (Wildman–Crippen MR) is 74.5 cm³/mol. The Morgan fingerprint density at radius 2 is 1.95 bits per heavy atom. The van der Waals surface area contributed by atoms with Crippen molar-refractivity contribution < 1.29 is 14.2 Å². The number of hydrogen-bond donors (Lipinski definition) is 1. The maximum atomic E-state index is 5.89. The number of methoxy groups -OCH3 is 2. The molecule has 4 heteroatoms. The molecule has 1 aliphatic carbocycles. The van der Waals surface area contributed by atoms with Crippen LogP contribution in [0.25, 0.3) is 0 Å².